The molecule has 0 aromatic heterocycles. The molecule has 0 saturated carbocycles. The molecule has 0 heterocycles. The lowest BCUT2D eigenvalue weighted by Gasteiger charge is -2.24. The molecule has 1 aromatic carbocycles. The standard InChI is InChI=1S/C13H19NO2/c1-10(11(2)16-4)13(15)14(3)12-8-6-5-7-9-12/h5-11H,1-4H3/t10-,11+/m1/s1. The summed E-state index contributed by atoms with van der Waals surface area (Å²) in [5, 5.41) is 0. The van der Waals surface area contributed by atoms with Gasteiger partial charge in [-0.1, -0.05) is 25.1 Å². The van der Waals surface area contributed by atoms with Gasteiger partial charge in [0.25, 0.3) is 0 Å². The summed E-state index contributed by atoms with van der Waals surface area (Å²) in [6, 6.07) is 9.61. The van der Waals surface area contributed by atoms with E-state index in [0.717, 1.165) is 5.69 Å². The van der Waals surface area contributed by atoms with E-state index in [0.29, 0.717) is 0 Å². The SMILES string of the molecule is CO[C@@H](C)[C@@H](C)C(=O)N(C)c1ccccc1. The average molecular weight is 221 g/mol. The number of nitrogens with zero attached hydrogens (tertiary/aromatic N) is 1. The molecule has 0 aliphatic carbocycles. The molecule has 0 aliphatic heterocycles. The summed E-state index contributed by atoms with van der Waals surface area (Å²) in [5.74, 6) is -0.0734. The summed E-state index contributed by atoms with van der Waals surface area (Å²) in [4.78, 5) is 13.8. The van der Waals surface area contributed by atoms with Gasteiger partial charge in [0.15, 0.2) is 0 Å². The molecule has 1 rings (SSSR count). The number of carbonyl (C=O) groups excluding carboxylic acids is 1. The predicted octanol–water partition coefficient (Wildman–Crippen LogP) is 2.32. The zero-order valence-electron chi connectivity index (χ0n) is 10.3. The number of para-hydroxylation sites is 1. The van der Waals surface area contributed by atoms with Crippen LogP contribution in [0.2, 0.25) is 0 Å². The molecule has 0 spiro atoms. The lowest BCUT2D eigenvalue weighted by atomic mass is 10.0. The monoisotopic (exact) mass is 221 g/mol. The molecular formula is C13H19NO2. The molecule has 3 heteroatoms. The van der Waals surface area contributed by atoms with E-state index in [1.807, 2.05) is 44.2 Å². The van der Waals surface area contributed by atoms with Crippen LogP contribution in [0, 0.1) is 5.92 Å². The van der Waals surface area contributed by atoms with Crippen LogP contribution in [-0.2, 0) is 9.53 Å². The summed E-state index contributed by atoms with van der Waals surface area (Å²) in [6.45, 7) is 3.79. The molecule has 3 nitrogen and oxygen atoms in total. The van der Waals surface area contributed by atoms with Gasteiger partial charge < -0.3 is 9.64 Å². The second kappa shape index (κ2) is 5.66. The van der Waals surface area contributed by atoms with Crippen molar-refractivity contribution in [3.63, 3.8) is 0 Å². The first kappa shape index (κ1) is 12.7. The van der Waals surface area contributed by atoms with Crippen LogP contribution in [0.1, 0.15) is 13.8 Å². The Morgan fingerprint density at radius 3 is 2.31 bits per heavy atom. The Balaban J connectivity index is 2.75. The minimum Gasteiger partial charge on any atom is -0.381 e. The number of amides is 1. The molecule has 0 unspecified atom stereocenters. The second-order valence-corrected chi connectivity index (χ2v) is 3.96. The summed E-state index contributed by atoms with van der Waals surface area (Å²) in [6.07, 6.45) is -0.0707. The van der Waals surface area contributed by atoms with Crippen LogP contribution >= 0.6 is 0 Å². The first-order valence-corrected chi connectivity index (χ1v) is 5.43. The van der Waals surface area contributed by atoms with Gasteiger partial charge in [0.05, 0.1) is 12.0 Å². The highest BCUT2D eigenvalue weighted by Crippen LogP contribution is 2.16. The van der Waals surface area contributed by atoms with Gasteiger partial charge in [0.1, 0.15) is 0 Å². The van der Waals surface area contributed by atoms with E-state index in [4.69, 9.17) is 4.74 Å². The highest BCUT2D eigenvalue weighted by Gasteiger charge is 2.23. The number of hydrogen-bond acceptors (Lipinski definition) is 2. The Morgan fingerprint density at radius 1 is 1.25 bits per heavy atom. The first-order chi connectivity index (χ1) is 7.57. The molecule has 0 aliphatic rings. The highest BCUT2D eigenvalue weighted by molar-refractivity contribution is 5.94. The van der Waals surface area contributed by atoms with Crippen molar-refractivity contribution in [2.45, 2.75) is 20.0 Å². The van der Waals surface area contributed by atoms with Crippen LogP contribution in [0.5, 0.6) is 0 Å². The minimum atomic E-state index is -0.143. The lowest BCUT2D eigenvalue weighted by molar-refractivity contribution is -0.125. The number of hydrogen-bond donors (Lipinski definition) is 0. The van der Waals surface area contributed by atoms with Gasteiger partial charge in [-0.2, -0.15) is 0 Å². The largest absolute Gasteiger partial charge is 0.381 e. The van der Waals surface area contributed by atoms with Crippen molar-refractivity contribution in [3.05, 3.63) is 30.3 Å². The van der Waals surface area contributed by atoms with Crippen molar-refractivity contribution in [2.75, 3.05) is 19.1 Å². The van der Waals surface area contributed by atoms with Gasteiger partial charge in [0, 0.05) is 19.8 Å². The van der Waals surface area contributed by atoms with Crippen LogP contribution < -0.4 is 4.90 Å². The van der Waals surface area contributed by atoms with Gasteiger partial charge in [0.2, 0.25) is 5.91 Å². The van der Waals surface area contributed by atoms with E-state index in [9.17, 15) is 4.79 Å². The van der Waals surface area contributed by atoms with Crippen LogP contribution in [0.25, 0.3) is 0 Å². The van der Waals surface area contributed by atoms with Gasteiger partial charge in [-0.15, -0.1) is 0 Å². The molecular weight excluding hydrogens is 202 g/mol. The van der Waals surface area contributed by atoms with Gasteiger partial charge in [-0.3, -0.25) is 4.79 Å². The Labute approximate surface area is 97.0 Å². The molecule has 0 fully saturated rings. The van der Waals surface area contributed by atoms with Crippen molar-refractivity contribution in [1.29, 1.82) is 0 Å². The van der Waals surface area contributed by atoms with E-state index >= 15 is 0 Å². The fourth-order valence-electron chi connectivity index (χ4n) is 1.49. The first-order valence-electron chi connectivity index (χ1n) is 5.43. The molecule has 0 saturated heterocycles. The van der Waals surface area contributed by atoms with Crippen LogP contribution in [-0.4, -0.2) is 26.2 Å². The van der Waals surface area contributed by atoms with Crippen molar-refractivity contribution >= 4 is 11.6 Å². The van der Waals surface area contributed by atoms with Gasteiger partial charge in [-0.25, -0.2) is 0 Å². The maximum atomic E-state index is 12.1. The van der Waals surface area contributed by atoms with Crippen molar-refractivity contribution in [1.82, 2.24) is 0 Å². The molecule has 88 valence electrons. The molecule has 0 radical (unpaired) electrons. The summed E-state index contributed by atoms with van der Waals surface area (Å²) in [7, 11) is 3.41. The van der Waals surface area contributed by atoms with E-state index < -0.39 is 0 Å². The number of carbonyl (C=O) groups is 1. The molecule has 1 aromatic rings. The Hall–Kier alpha value is -1.35. The normalized spacial score (nSPS) is 14.2. The number of rotatable bonds is 4. The van der Waals surface area contributed by atoms with E-state index in [2.05, 4.69) is 0 Å². The van der Waals surface area contributed by atoms with Crippen LogP contribution in [0.15, 0.2) is 30.3 Å². The molecule has 2 atom stereocenters. The maximum Gasteiger partial charge on any atom is 0.232 e. The third-order valence-corrected chi connectivity index (χ3v) is 2.94. The second-order valence-electron chi connectivity index (χ2n) is 3.96. The quantitative estimate of drug-likeness (QED) is 0.781. The maximum absolute atomic E-state index is 12.1. The zero-order chi connectivity index (χ0) is 12.1. The van der Waals surface area contributed by atoms with Gasteiger partial charge >= 0.3 is 0 Å². The average Bonchev–Trinajstić information content (AvgIpc) is 2.36. The zero-order valence-corrected chi connectivity index (χ0v) is 10.3. The predicted molar refractivity (Wildman–Crippen MR) is 65.5 cm³/mol. The molecule has 16 heavy (non-hydrogen) atoms. The third kappa shape index (κ3) is 2.83. The molecule has 0 bridgehead atoms. The minimum absolute atomic E-state index is 0.0700. The fraction of sp³-hybridized carbons (Fsp3) is 0.462. The summed E-state index contributed by atoms with van der Waals surface area (Å²) >= 11 is 0. The van der Waals surface area contributed by atoms with E-state index in [1.54, 1.807) is 19.1 Å². The highest BCUT2D eigenvalue weighted by atomic mass is 16.5. The topological polar surface area (TPSA) is 29.5 Å². The van der Waals surface area contributed by atoms with Crippen LogP contribution in [0.3, 0.4) is 0 Å². The van der Waals surface area contributed by atoms with Crippen molar-refractivity contribution in [3.8, 4) is 0 Å². The summed E-state index contributed by atoms with van der Waals surface area (Å²) in [5.41, 5.74) is 0.905. The summed E-state index contributed by atoms with van der Waals surface area (Å²) < 4.78 is 5.17. The number of benzene rings is 1. The Kier molecular flexibility index (Phi) is 4.50. The molecule has 1 amide bonds. The van der Waals surface area contributed by atoms with E-state index in [-0.39, 0.29) is 17.9 Å². The Morgan fingerprint density at radius 2 is 1.81 bits per heavy atom. The van der Waals surface area contributed by atoms with E-state index in [1.165, 1.54) is 0 Å². The van der Waals surface area contributed by atoms with Crippen molar-refractivity contribution in [2.24, 2.45) is 5.92 Å². The fourth-order valence-corrected chi connectivity index (χ4v) is 1.49. The third-order valence-electron chi connectivity index (χ3n) is 2.94. The number of methoxy groups -OCH3 is 1. The van der Waals surface area contributed by atoms with Gasteiger partial charge in [-0.05, 0) is 19.1 Å². The molecule has 0 N–H and O–H groups in total. The van der Waals surface area contributed by atoms with Crippen molar-refractivity contribution < 1.29 is 9.53 Å². The number of ether oxygens (including phenoxy) is 1. The Bertz CT molecular complexity index is 337. The smallest absolute Gasteiger partial charge is 0.232 e. The number of anilines is 1. The lowest BCUT2D eigenvalue weighted by Crippen LogP contribution is -2.37. The van der Waals surface area contributed by atoms with Crippen LogP contribution in [0.4, 0.5) is 5.69 Å².